The fourth-order valence-corrected chi connectivity index (χ4v) is 5.82. The molecule has 3 aromatic carbocycles. The number of rotatable bonds is 6. The third-order valence-corrected chi connectivity index (χ3v) is 8.09. The number of fused-ring (bicyclic) bond motifs is 1. The summed E-state index contributed by atoms with van der Waals surface area (Å²) in [7, 11) is 0. The quantitative estimate of drug-likeness (QED) is 0.130. The van der Waals surface area contributed by atoms with Gasteiger partial charge in [0, 0.05) is 21.8 Å². The van der Waals surface area contributed by atoms with Gasteiger partial charge in [0.2, 0.25) is 0 Å². The van der Waals surface area contributed by atoms with E-state index >= 15 is 0 Å². The first-order chi connectivity index (χ1) is 21.8. The number of aliphatic carboxylic acids is 1. The number of hydrogen-bond acceptors (Lipinski definition) is 4. The Bertz CT molecular complexity index is 1780. The predicted octanol–water partition coefficient (Wildman–Crippen LogP) is 8.16. The standard InChI is InChI=1S/C35H23F6NO3S/c36-34(37,38)25-10-4-22(5-11-25)8-14-27-18-24(19-28(42-27)15-9-23-6-12-26(13-7-23)35(39,40)41)21-46-32-17-16-31(45-20-33(43)44)29-2-1-3-30(29)32/h4-7,10-13,16-19H,1-3,20-21H2,(H,43,44). The van der Waals surface area contributed by atoms with Crippen LogP contribution in [0.15, 0.2) is 77.7 Å². The van der Waals surface area contributed by atoms with Gasteiger partial charge in [-0.3, -0.25) is 0 Å². The largest absolute Gasteiger partial charge is 0.482 e. The highest BCUT2D eigenvalue weighted by atomic mass is 32.2. The summed E-state index contributed by atoms with van der Waals surface area (Å²) in [4.78, 5) is 16.4. The number of halogens is 6. The molecular weight excluding hydrogens is 628 g/mol. The summed E-state index contributed by atoms with van der Waals surface area (Å²) in [6.45, 7) is -0.428. The van der Waals surface area contributed by atoms with E-state index in [1.807, 2.05) is 6.07 Å². The molecule has 1 aliphatic carbocycles. The summed E-state index contributed by atoms with van der Waals surface area (Å²) in [6, 6.07) is 16.0. The van der Waals surface area contributed by atoms with Gasteiger partial charge < -0.3 is 9.84 Å². The molecule has 0 saturated heterocycles. The van der Waals surface area contributed by atoms with Crippen LogP contribution in [-0.2, 0) is 35.7 Å². The fourth-order valence-electron chi connectivity index (χ4n) is 4.77. The Kier molecular flexibility index (Phi) is 9.64. The van der Waals surface area contributed by atoms with Crippen LogP contribution in [0.4, 0.5) is 26.3 Å². The van der Waals surface area contributed by atoms with Crippen LogP contribution >= 0.6 is 11.8 Å². The SMILES string of the molecule is O=C(O)COc1ccc(SCc2cc(C#Cc3ccc(C(F)(F)F)cc3)nc(C#Cc3ccc(C(F)(F)F)cc3)c2)c2c1CCC2. The Morgan fingerprint density at radius 3 is 1.78 bits per heavy atom. The van der Waals surface area contributed by atoms with Crippen LogP contribution in [0, 0.1) is 23.7 Å². The first-order valence-corrected chi connectivity index (χ1v) is 14.9. The molecule has 1 aliphatic rings. The van der Waals surface area contributed by atoms with Gasteiger partial charge in [-0.2, -0.15) is 26.3 Å². The molecule has 1 aromatic heterocycles. The predicted molar refractivity (Wildman–Crippen MR) is 160 cm³/mol. The molecule has 11 heteroatoms. The molecule has 0 bridgehead atoms. The number of thioether (sulfide) groups is 1. The summed E-state index contributed by atoms with van der Waals surface area (Å²) in [5, 5.41) is 8.98. The molecular formula is C35H23F6NO3S. The van der Waals surface area contributed by atoms with E-state index in [0.717, 1.165) is 65.1 Å². The van der Waals surface area contributed by atoms with Crippen LogP contribution in [0.2, 0.25) is 0 Å². The van der Waals surface area contributed by atoms with Crippen molar-refractivity contribution < 1.29 is 41.0 Å². The van der Waals surface area contributed by atoms with Crippen LogP contribution in [0.1, 0.15) is 56.8 Å². The van der Waals surface area contributed by atoms with Crippen molar-refractivity contribution in [1.29, 1.82) is 0 Å². The minimum absolute atomic E-state index is 0.317. The summed E-state index contributed by atoms with van der Waals surface area (Å²) < 4.78 is 83.1. The average molecular weight is 652 g/mol. The highest BCUT2D eigenvalue weighted by molar-refractivity contribution is 7.98. The molecule has 1 N–H and O–H groups in total. The van der Waals surface area contributed by atoms with Gasteiger partial charge in [0.1, 0.15) is 17.1 Å². The summed E-state index contributed by atoms with van der Waals surface area (Å²) in [5.74, 6) is 11.4. The number of carboxylic acids is 1. The summed E-state index contributed by atoms with van der Waals surface area (Å²) in [5.41, 5.74) is 2.66. The van der Waals surface area contributed by atoms with Crippen molar-refractivity contribution in [3.8, 4) is 29.4 Å². The van der Waals surface area contributed by atoms with E-state index in [-0.39, 0.29) is 0 Å². The van der Waals surface area contributed by atoms with Gasteiger partial charge in [0.05, 0.1) is 11.1 Å². The van der Waals surface area contributed by atoms with Gasteiger partial charge in [0.25, 0.3) is 0 Å². The van der Waals surface area contributed by atoms with Crippen LogP contribution in [0.25, 0.3) is 0 Å². The number of hydrogen-bond donors (Lipinski definition) is 1. The number of alkyl halides is 6. The van der Waals surface area contributed by atoms with E-state index in [1.165, 1.54) is 24.3 Å². The molecule has 46 heavy (non-hydrogen) atoms. The second-order valence-electron chi connectivity index (χ2n) is 10.2. The molecule has 0 spiro atoms. The van der Waals surface area contributed by atoms with Crippen LogP contribution in [0.5, 0.6) is 5.75 Å². The topological polar surface area (TPSA) is 59.4 Å². The van der Waals surface area contributed by atoms with Crippen molar-refractivity contribution in [2.24, 2.45) is 0 Å². The zero-order chi connectivity index (χ0) is 32.9. The molecule has 0 atom stereocenters. The second kappa shape index (κ2) is 13.6. The van der Waals surface area contributed by atoms with Crippen molar-refractivity contribution in [2.45, 2.75) is 42.3 Å². The maximum absolute atomic E-state index is 12.9. The van der Waals surface area contributed by atoms with Crippen molar-refractivity contribution in [3.05, 3.63) is 123 Å². The van der Waals surface area contributed by atoms with E-state index < -0.39 is 36.1 Å². The Morgan fingerprint density at radius 1 is 0.761 bits per heavy atom. The molecule has 0 aliphatic heterocycles. The minimum atomic E-state index is -4.47. The van der Waals surface area contributed by atoms with Gasteiger partial charge in [-0.15, -0.1) is 11.8 Å². The summed E-state index contributed by atoms with van der Waals surface area (Å²) in [6.07, 6.45) is -6.41. The lowest BCUT2D eigenvalue weighted by Gasteiger charge is -2.13. The number of carboxylic acid groups (broad SMARTS) is 1. The van der Waals surface area contributed by atoms with Gasteiger partial charge in [-0.25, -0.2) is 9.78 Å². The molecule has 5 rings (SSSR count). The Hall–Kier alpha value is -4.87. The molecule has 0 saturated carbocycles. The van der Waals surface area contributed by atoms with Crippen LogP contribution in [0.3, 0.4) is 0 Å². The third-order valence-electron chi connectivity index (χ3n) is 6.92. The number of ether oxygens (including phenoxy) is 1. The van der Waals surface area contributed by atoms with Gasteiger partial charge in [-0.1, -0.05) is 11.8 Å². The number of nitrogens with zero attached hydrogens (tertiary/aromatic N) is 1. The average Bonchev–Trinajstić information content (AvgIpc) is 3.51. The Balaban J connectivity index is 1.42. The van der Waals surface area contributed by atoms with E-state index in [4.69, 9.17) is 9.84 Å². The molecule has 4 nitrogen and oxygen atoms in total. The van der Waals surface area contributed by atoms with Gasteiger partial charge in [0.15, 0.2) is 6.61 Å². The lowest BCUT2D eigenvalue weighted by Crippen LogP contribution is -2.10. The first kappa shape index (κ1) is 32.5. The molecule has 0 radical (unpaired) electrons. The minimum Gasteiger partial charge on any atom is -0.482 e. The van der Waals surface area contributed by atoms with Crippen LogP contribution < -0.4 is 4.74 Å². The normalized spacial score (nSPS) is 12.4. The Labute approximate surface area is 264 Å². The van der Waals surface area contributed by atoms with Crippen molar-refractivity contribution in [1.82, 2.24) is 4.98 Å². The molecule has 0 unspecified atom stereocenters. The zero-order valence-electron chi connectivity index (χ0n) is 23.9. The number of pyridine rings is 1. The van der Waals surface area contributed by atoms with Gasteiger partial charge in [-0.05, 0) is 121 Å². The van der Waals surface area contributed by atoms with Crippen molar-refractivity contribution in [2.75, 3.05) is 6.61 Å². The number of aromatic nitrogens is 1. The fraction of sp³-hybridized carbons (Fsp3) is 0.200. The van der Waals surface area contributed by atoms with Crippen molar-refractivity contribution in [3.63, 3.8) is 0 Å². The lowest BCUT2D eigenvalue weighted by molar-refractivity contribution is -0.139. The molecule has 0 amide bonds. The van der Waals surface area contributed by atoms with Crippen LogP contribution in [-0.4, -0.2) is 22.7 Å². The monoisotopic (exact) mass is 651 g/mol. The van der Waals surface area contributed by atoms with Gasteiger partial charge >= 0.3 is 18.3 Å². The Morgan fingerprint density at radius 2 is 1.28 bits per heavy atom. The highest BCUT2D eigenvalue weighted by Gasteiger charge is 2.30. The smallest absolute Gasteiger partial charge is 0.416 e. The maximum Gasteiger partial charge on any atom is 0.416 e. The third kappa shape index (κ3) is 8.43. The number of benzene rings is 3. The van der Waals surface area contributed by atoms with Crippen molar-refractivity contribution >= 4 is 17.7 Å². The summed E-state index contributed by atoms with van der Waals surface area (Å²) >= 11 is 1.56. The molecule has 1 heterocycles. The highest BCUT2D eigenvalue weighted by Crippen LogP contribution is 2.39. The molecule has 0 fully saturated rings. The lowest BCUT2D eigenvalue weighted by atomic mass is 10.1. The molecule has 234 valence electrons. The first-order valence-electron chi connectivity index (χ1n) is 13.9. The number of carbonyl (C=O) groups is 1. The van der Waals surface area contributed by atoms with E-state index in [0.29, 0.717) is 34.0 Å². The van der Waals surface area contributed by atoms with E-state index in [9.17, 15) is 31.1 Å². The maximum atomic E-state index is 12.9. The molecule has 4 aromatic rings. The van der Waals surface area contributed by atoms with E-state index in [2.05, 4.69) is 28.7 Å². The zero-order valence-corrected chi connectivity index (χ0v) is 24.7. The van der Waals surface area contributed by atoms with E-state index in [1.54, 1.807) is 30.0 Å². The second-order valence-corrected chi connectivity index (χ2v) is 11.3.